The Kier molecular flexibility index (Phi) is 9.65. The van der Waals surface area contributed by atoms with Crippen LogP contribution in [0, 0.1) is 0 Å². The first-order chi connectivity index (χ1) is 22.7. The molecule has 6 nitrogen and oxygen atoms in total. The first kappa shape index (κ1) is 30.9. The summed E-state index contributed by atoms with van der Waals surface area (Å²) in [6.45, 7) is 3.34. The van der Waals surface area contributed by atoms with Gasteiger partial charge in [-0.3, -0.25) is 4.79 Å². The van der Waals surface area contributed by atoms with Crippen LogP contribution in [0.15, 0.2) is 140 Å². The molecule has 6 rings (SSSR count). The zero-order valence-electron chi connectivity index (χ0n) is 25.8. The number of unbranched alkanes of at least 4 members (excludes halogenated alkanes) is 1. The summed E-state index contributed by atoms with van der Waals surface area (Å²) in [6.07, 6.45) is 1.96. The van der Waals surface area contributed by atoms with Gasteiger partial charge < -0.3 is 4.90 Å². The van der Waals surface area contributed by atoms with Crippen LogP contribution in [0.1, 0.15) is 42.0 Å². The molecule has 230 valence electrons. The van der Waals surface area contributed by atoms with Gasteiger partial charge in [0.05, 0.1) is 0 Å². The number of halogens is 1. The Bertz CT molecular complexity index is 1760. The number of carbonyl (C=O) groups excluding carboxylic acids is 1. The molecule has 0 aliphatic rings. The van der Waals surface area contributed by atoms with Crippen LogP contribution < -0.4 is 0 Å². The van der Waals surface area contributed by atoms with Crippen LogP contribution >= 0.6 is 11.6 Å². The number of alkyl halides is 1. The fourth-order valence-electron chi connectivity index (χ4n) is 6.15. The normalized spacial score (nSPS) is 11.3. The molecular weight excluding hydrogens is 590 g/mol. The van der Waals surface area contributed by atoms with Crippen LogP contribution in [0.4, 0.5) is 0 Å². The summed E-state index contributed by atoms with van der Waals surface area (Å²) >= 11 is 5.92. The second-order valence-electron chi connectivity index (χ2n) is 11.3. The number of carbonyl (C=O) groups is 1. The molecule has 0 unspecified atom stereocenters. The molecule has 46 heavy (non-hydrogen) atoms. The molecule has 0 radical (unpaired) electrons. The smallest absolute Gasteiger partial charge is 0.237 e. The predicted molar refractivity (Wildman–Crippen MR) is 184 cm³/mol. The van der Waals surface area contributed by atoms with Gasteiger partial charge in [0.25, 0.3) is 0 Å². The van der Waals surface area contributed by atoms with Crippen LogP contribution in [-0.4, -0.2) is 43.4 Å². The van der Waals surface area contributed by atoms with Gasteiger partial charge in [0.1, 0.15) is 11.4 Å². The highest BCUT2D eigenvalue weighted by Crippen LogP contribution is 2.43. The van der Waals surface area contributed by atoms with Gasteiger partial charge in [-0.05, 0) is 50.2 Å². The molecule has 6 aromatic rings. The zero-order valence-corrected chi connectivity index (χ0v) is 26.6. The van der Waals surface area contributed by atoms with E-state index in [1.807, 2.05) is 39.9 Å². The van der Waals surface area contributed by atoms with E-state index in [9.17, 15) is 4.79 Å². The van der Waals surface area contributed by atoms with Crippen molar-refractivity contribution in [2.45, 2.75) is 31.8 Å². The lowest BCUT2D eigenvalue weighted by molar-refractivity contribution is -0.129. The summed E-state index contributed by atoms with van der Waals surface area (Å²) in [7, 11) is 0. The molecular formula is C39H36ClN5O. The van der Waals surface area contributed by atoms with E-state index in [0.29, 0.717) is 18.9 Å². The topological polar surface area (TPSA) is 63.9 Å². The Balaban J connectivity index is 1.47. The highest BCUT2D eigenvalue weighted by molar-refractivity contribution is 6.27. The Morgan fingerprint density at radius 2 is 1.24 bits per heavy atom. The number of aromatic nitrogens is 4. The van der Waals surface area contributed by atoms with E-state index in [-0.39, 0.29) is 11.8 Å². The monoisotopic (exact) mass is 625 g/mol. The Morgan fingerprint density at radius 1 is 0.717 bits per heavy atom. The van der Waals surface area contributed by atoms with Crippen molar-refractivity contribution in [1.82, 2.24) is 25.1 Å². The van der Waals surface area contributed by atoms with Crippen LogP contribution in [0.25, 0.3) is 22.5 Å². The molecule has 1 heterocycles. The molecule has 1 amide bonds. The molecule has 0 aliphatic heterocycles. The molecule has 7 heteroatoms. The lowest BCUT2D eigenvalue weighted by Crippen LogP contribution is -2.39. The summed E-state index contributed by atoms with van der Waals surface area (Å²) in [5.74, 6) is 0.588. The Labute approximate surface area is 275 Å². The van der Waals surface area contributed by atoms with Crippen molar-refractivity contribution in [2.75, 3.05) is 12.4 Å². The molecule has 0 saturated carbocycles. The van der Waals surface area contributed by atoms with Crippen LogP contribution in [0.5, 0.6) is 0 Å². The van der Waals surface area contributed by atoms with Gasteiger partial charge in [0.2, 0.25) is 5.91 Å². The van der Waals surface area contributed by atoms with Crippen LogP contribution in [-0.2, 0) is 16.9 Å². The molecule has 0 atom stereocenters. The lowest BCUT2D eigenvalue weighted by Gasteiger charge is -2.36. The summed E-state index contributed by atoms with van der Waals surface area (Å²) in [5, 5.41) is 13.7. The van der Waals surface area contributed by atoms with Crippen LogP contribution in [0.2, 0.25) is 0 Å². The molecule has 0 aliphatic carbocycles. The zero-order chi connectivity index (χ0) is 31.8. The van der Waals surface area contributed by atoms with Crippen molar-refractivity contribution in [3.05, 3.63) is 162 Å². The average molecular weight is 626 g/mol. The highest BCUT2D eigenvalue weighted by Gasteiger charge is 2.42. The van der Waals surface area contributed by atoms with E-state index in [2.05, 4.69) is 126 Å². The average Bonchev–Trinajstić information content (AvgIpc) is 3.62. The predicted octanol–water partition coefficient (Wildman–Crippen LogP) is 8.21. The summed E-state index contributed by atoms with van der Waals surface area (Å²) < 4.78 is 1.96. The number of nitrogens with zero attached hydrogens (tertiary/aromatic N) is 5. The van der Waals surface area contributed by atoms with Gasteiger partial charge in [-0.15, -0.1) is 16.7 Å². The standard InChI is InChI=1S/C39H36ClN5O/c1-2-3-27-44(37(46)28-40)29-30-23-25-31(26-24-30)35-21-13-14-22-36(35)38-41-42-43-45(38)39(32-15-7-4-8-16-32,33-17-9-5-10-18-33)34-19-11-6-12-20-34/h4-26H,2-3,27-29H2,1H3. The van der Waals surface area contributed by atoms with Crippen molar-refractivity contribution in [1.29, 1.82) is 0 Å². The van der Waals surface area contributed by atoms with E-state index in [1.54, 1.807) is 0 Å². The molecule has 5 aromatic carbocycles. The van der Waals surface area contributed by atoms with E-state index in [1.165, 1.54) is 0 Å². The fraction of sp³-hybridized carbons (Fsp3) is 0.179. The maximum atomic E-state index is 12.5. The van der Waals surface area contributed by atoms with Crippen LogP contribution in [0.3, 0.4) is 0 Å². The maximum Gasteiger partial charge on any atom is 0.237 e. The first-order valence-electron chi connectivity index (χ1n) is 15.6. The molecule has 0 spiro atoms. The Hall–Kier alpha value is -5.07. The van der Waals surface area contributed by atoms with Crippen molar-refractivity contribution in [3.63, 3.8) is 0 Å². The van der Waals surface area contributed by atoms with E-state index in [0.717, 1.165) is 51.8 Å². The minimum Gasteiger partial charge on any atom is -0.337 e. The van der Waals surface area contributed by atoms with Gasteiger partial charge >= 0.3 is 0 Å². The van der Waals surface area contributed by atoms with E-state index in [4.69, 9.17) is 16.8 Å². The summed E-state index contributed by atoms with van der Waals surface area (Å²) in [5.41, 5.74) is 6.28. The summed E-state index contributed by atoms with van der Waals surface area (Å²) in [4.78, 5) is 14.3. The van der Waals surface area contributed by atoms with Gasteiger partial charge in [0.15, 0.2) is 5.82 Å². The maximum absolute atomic E-state index is 12.5. The van der Waals surface area contributed by atoms with E-state index >= 15 is 0 Å². The van der Waals surface area contributed by atoms with Gasteiger partial charge in [0, 0.05) is 18.7 Å². The van der Waals surface area contributed by atoms with Gasteiger partial charge in [-0.1, -0.05) is 153 Å². The largest absolute Gasteiger partial charge is 0.337 e. The number of amides is 1. The number of tetrazole rings is 1. The number of rotatable bonds is 12. The number of hydrogen-bond acceptors (Lipinski definition) is 4. The third-order valence-electron chi connectivity index (χ3n) is 8.42. The molecule has 0 N–H and O–H groups in total. The fourth-order valence-corrected chi connectivity index (χ4v) is 6.32. The van der Waals surface area contributed by atoms with Gasteiger partial charge in [-0.25, -0.2) is 4.68 Å². The van der Waals surface area contributed by atoms with Crippen molar-refractivity contribution in [3.8, 4) is 22.5 Å². The van der Waals surface area contributed by atoms with E-state index < -0.39 is 5.54 Å². The molecule has 1 aromatic heterocycles. The highest BCUT2D eigenvalue weighted by atomic mass is 35.5. The van der Waals surface area contributed by atoms with Crippen molar-refractivity contribution >= 4 is 17.5 Å². The quantitative estimate of drug-likeness (QED) is 0.102. The molecule has 0 fully saturated rings. The number of benzene rings is 5. The minimum absolute atomic E-state index is 0.0136. The molecule has 0 bridgehead atoms. The second-order valence-corrected chi connectivity index (χ2v) is 11.5. The summed E-state index contributed by atoms with van der Waals surface area (Å²) in [6, 6.07) is 47.8. The SMILES string of the molecule is CCCCN(Cc1ccc(-c2ccccc2-c2nnnn2C(c2ccccc2)(c2ccccc2)c2ccccc2)cc1)C(=O)CCl. The minimum atomic E-state index is -0.851. The lowest BCUT2D eigenvalue weighted by atomic mass is 9.77. The Morgan fingerprint density at radius 3 is 1.76 bits per heavy atom. The van der Waals surface area contributed by atoms with Crippen molar-refractivity contribution < 1.29 is 4.79 Å². The van der Waals surface area contributed by atoms with Gasteiger partial charge in [-0.2, -0.15) is 0 Å². The third kappa shape index (κ3) is 6.09. The molecule has 0 saturated heterocycles. The third-order valence-corrected chi connectivity index (χ3v) is 8.65. The van der Waals surface area contributed by atoms with Crippen molar-refractivity contribution in [2.24, 2.45) is 0 Å². The number of hydrogen-bond donors (Lipinski definition) is 0. The second kappa shape index (κ2) is 14.4. The first-order valence-corrected chi connectivity index (χ1v) is 16.2.